The number of hydrogen-bond donors (Lipinski definition) is 1. The van der Waals surface area contributed by atoms with Crippen LogP contribution in [0, 0.1) is 0 Å². The SMILES string of the molecule is COC(=O)C1=C(C(=O)OC)N(c2ccc(NC(=O)c3ccc(OC)cc3)c(OC)c2)COC1. The average molecular weight is 456 g/mol. The third-order valence-electron chi connectivity index (χ3n) is 4.93. The highest BCUT2D eigenvalue weighted by atomic mass is 16.5. The second-order valence-electron chi connectivity index (χ2n) is 6.78. The number of esters is 2. The van der Waals surface area contributed by atoms with Gasteiger partial charge in [-0.2, -0.15) is 0 Å². The molecular weight excluding hydrogens is 432 g/mol. The normalized spacial score (nSPS) is 13.3. The number of nitrogens with zero attached hydrogens (tertiary/aromatic N) is 1. The van der Waals surface area contributed by atoms with Crippen LogP contribution in [0.1, 0.15) is 10.4 Å². The number of hydrogen-bond acceptors (Lipinski definition) is 9. The van der Waals surface area contributed by atoms with Crippen LogP contribution >= 0.6 is 0 Å². The van der Waals surface area contributed by atoms with Gasteiger partial charge in [-0.05, 0) is 36.4 Å². The Balaban J connectivity index is 1.92. The first-order chi connectivity index (χ1) is 15.9. The Bertz CT molecular complexity index is 1080. The molecule has 2 aromatic rings. The van der Waals surface area contributed by atoms with Crippen molar-refractivity contribution in [3.63, 3.8) is 0 Å². The summed E-state index contributed by atoms with van der Waals surface area (Å²) in [6, 6.07) is 11.5. The number of methoxy groups -OCH3 is 4. The van der Waals surface area contributed by atoms with Gasteiger partial charge in [0, 0.05) is 17.3 Å². The minimum absolute atomic E-state index is 0.00710. The highest BCUT2D eigenvalue weighted by Gasteiger charge is 2.32. The largest absolute Gasteiger partial charge is 0.497 e. The number of rotatable bonds is 7. The Morgan fingerprint density at radius 3 is 2.21 bits per heavy atom. The quantitative estimate of drug-likeness (QED) is 0.627. The molecule has 10 heteroatoms. The smallest absolute Gasteiger partial charge is 0.355 e. The third kappa shape index (κ3) is 5.07. The van der Waals surface area contributed by atoms with Gasteiger partial charge in [0.1, 0.15) is 23.9 Å². The van der Waals surface area contributed by atoms with Gasteiger partial charge in [0.05, 0.1) is 46.3 Å². The van der Waals surface area contributed by atoms with E-state index in [1.807, 2.05) is 0 Å². The van der Waals surface area contributed by atoms with Crippen LogP contribution in [0.2, 0.25) is 0 Å². The molecule has 0 radical (unpaired) electrons. The van der Waals surface area contributed by atoms with Crippen molar-refractivity contribution < 1.29 is 38.1 Å². The highest BCUT2D eigenvalue weighted by molar-refractivity contribution is 6.06. The number of benzene rings is 2. The van der Waals surface area contributed by atoms with Crippen LogP contribution in [0.5, 0.6) is 11.5 Å². The molecule has 0 fully saturated rings. The third-order valence-corrected chi connectivity index (χ3v) is 4.93. The minimum Gasteiger partial charge on any atom is -0.497 e. The minimum atomic E-state index is -0.713. The summed E-state index contributed by atoms with van der Waals surface area (Å²) < 4.78 is 25.7. The molecule has 3 rings (SSSR count). The summed E-state index contributed by atoms with van der Waals surface area (Å²) in [5, 5.41) is 2.79. The van der Waals surface area contributed by atoms with Gasteiger partial charge in [-0.15, -0.1) is 0 Å². The zero-order chi connectivity index (χ0) is 24.0. The van der Waals surface area contributed by atoms with Gasteiger partial charge in [-0.25, -0.2) is 9.59 Å². The summed E-state index contributed by atoms with van der Waals surface area (Å²) in [6.45, 7) is -0.105. The molecule has 1 aliphatic rings. The van der Waals surface area contributed by atoms with E-state index in [2.05, 4.69) is 5.32 Å². The van der Waals surface area contributed by atoms with E-state index >= 15 is 0 Å². The first kappa shape index (κ1) is 23.6. The van der Waals surface area contributed by atoms with Crippen molar-refractivity contribution in [2.24, 2.45) is 0 Å². The number of ether oxygens (including phenoxy) is 5. The van der Waals surface area contributed by atoms with E-state index in [0.29, 0.717) is 28.4 Å². The summed E-state index contributed by atoms with van der Waals surface area (Å²) in [6.07, 6.45) is 0. The fraction of sp³-hybridized carbons (Fsp3) is 0.261. The average Bonchev–Trinajstić information content (AvgIpc) is 2.87. The zero-order valence-electron chi connectivity index (χ0n) is 18.7. The first-order valence-electron chi connectivity index (χ1n) is 9.82. The van der Waals surface area contributed by atoms with Crippen LogP contribution in [-0.2, 0) is 23.8 Å². The molecule has 0 bridgehead atoms. The Morgan fingerprint density at radius 2 is 1.61 bits per heavy atom. The van der Waals surface area contributed by atoms with Crippen molar-refractivity contribution in [2.45, 2.75) is 0 Å². The van der Waals surface area contributed by atoms with Gasteiger partial charge in [0.25, 0.3) is 5.91 Å². The van der Waals surface area contributed by atoms with E-state index in [1.165, 1.54) is 26.2 Å². The molecular formula is C23H24N2O8. The van der Waals surface area contributed by atoms with E-state index in [9.17, 15) is 14.4 Å². The number of anilines is 2. The summed E-state index contributed by atoms with van der Waals surface area (Å²) in [7, 11) is 5.43. The fourth-order valence-corrected chi connectivity index (χ4v) is 3.24. The lowest BCUT2D eigenvalue weighted by molar-refractivity contribution is -0.140. The van der Waals surface area contributed by atoms with Crippen molar-refractivity contribution in [3.8, 4) is 11.5 Å². The monoisotopic (exact) mass is 456 g/mol. The van der Waals surface area contributed by atoms with Gasteiger partial charge < -0.3 is 33.9 Å². The van der Waals surface area contributed by atoms with Crippen LogP contribution in [0.3, 0.4) is 0 Å². The predicted molar refractivity (Wildman–Crippen MR) is 118 cm³/mol. The zero-order valence-corrected chi connectivity index (χ0v) is 18.7. The summed E-state index contributed by atoms with van der Waals surface area (Å²) in [5.74, 6) is -0.778. The maximum Gasteiger partial charge on any atom is 0.355 e. The molecule has 1 N–H and O–H groups in total. The van der Waals surface area contributed by atoms with Crippen molar-refractivity contribution in [1.82, 2.24) is 0 Å². The number of amides is 1. The van der Waals surface area contributed by atoms with Crippen LogP contribution in [-0.4, -0.2) is 59.6 Å². The molecule has 0 atom stereocenters. The molecule has 0 saturated heterocycles. The lowest BCUT2D eigenvalue weighted by Gasteiger charge is -2.31. The number of nitrogens with one attached hydrogen (secondary N) is 1. The second kappa shape index (κ2) is 10.5. The molecule has 0 aliphatic carbocycles. The molecule has 174 valence electrons. The van der Waals surface area contributed by atoms with Crippen molar-refractivity contribution in [1.29, 1.82) is 0 Å². The molecule has 33 heavy (non-hydrogen) atoms. The van der Waals surface area contributed by atoms with Crippen molar-refractivity contribution in [3.05, 3.63) is 59.3 Å². The van der Waals surface area contributed by atoms with Gasteiger partial charge in [-0.3, -0.25) is 4.79 Å². The molecule has 1 amide bonds. The van der Waals surface area contributed by atoms with Crippen molar-refractivity contribution >= 4 is 29.2 Å². The first-order valence-corrected chi connectivity index (χ1v) is 9.82. The predicted octanol–water partition coefficient (Wildman–Crippen LogP) is 2.35. The van der Waals surface area contributed by atoms with Crippen LogP contribution in [0.25, 0.3) is 0 Å². The highest BCUT2D eigenvalue weighted by Crippen LogP contribution is 2.34. The summed E-state index contributed by atoms with van der Waals surface area (Å²) in [4.78, 5) is 38.8. The summed E-state index contributed by atoms with van der Waals surface area (Å²) in [5.41, 5.74) is 1.37. The summed E-state index contributed by atoms with van der Waals surface area (Å²) >= 11 is 0. The lowest BCUT2D eigenvalue weighted by Crippen LogP contribution is -2.38. The Labute approximate surface area is 190 Å². The molecule has 1 aliphatic heterocycles. The molecule has 2 aromatic carbocycles. The van der Waals surface area contributed by atoms with Gasteiger partial charge in [0.2, 0.25) is 0 Å². The van der Waals surface area contributed by atoms with E-state index in [1.54, 1.807) is 49.6 Å². The maximum atomic E-state index is 12.6. The molecule has 10 nitrogen and oxygen atoms in total. The standard InChI is InChI=1S/C23H24N2O8/c1-29-16-8-5-14(6-9-16)21(26)24-18-10-7-15(11-19(18)30-2)25-13-33-12-17(22(27)31-3)20(25)23(28)32-4/h5-11H,12-13H2,1-4H3,(H,24,26). The maximum absolute atomic E-state index is 12.6. The van der Waals surface area contributed by atoms with Crippen LogP contribution in [0.15, 0.2) is 53.7 Å². The number of carbonyl (C=O) groups excluding carboxylic acids is 3. The van der Waals surface area contributed by atoms with Gasteiger partial charge in [0.15, 0.2) is 0 Å². The Kier molecular flexibility index (Phi) is 7.52. The van der Waals surface area contributed by atoms with Crippen LogP contribution < -0.4 is 19.7 Å². The number of carbonyl (C=O) groups is 3. The fourth-order valence-electron chi connectivity index (χ4n) is 3.24. The topological polar surface area (TPSA) is 113 Å². The van der Waals surface area contributed by atoms with E-state index in [0.717, 1.165) is 0 Å². The van der Waals surface area contributed by atoms with Gasteiger partial charge >= 0.3 is 11.9 Å². The molecule has 1 heterocycles. The van der Waals surface area contributed by atoms with Gasteiger partial charge in [-0.1, -0.05) is 0 Å². The van der Waals surface area contributed by atoms with E-state index < -0.39 is 11.9 Å². The Hall–Kier alpha value is -4.05. The van der Waals surface area contributed by atoms with Crippen LogP contribution in [0.4, 0.5) is 11.4 Å². The van der Waals surface area contributed by atoms with E-state index in [4.69, 9.17) is 23.7 Å². The molecule has 0 aromatic heterocycles. The molecule has 0 spiro atoms. The molecule has 0 unspecified atom stereocenters. The molecule has 0 saturated carbocycles. The van der Waals surface area contributed by atoms with Crippen molar-refractivity contribution in [2.75, 3.05) is 52.0 Å². The lowest BCUT2D eigenvalue weighted by atomic mass is 10.1. The second-order valence-corrected chi connectivity index (χ2v) is 6.78. The van der Waals surface area contributed by atoms with E-state index in [-0.39, 0.29) is 30.5 Å². The Morgan fingerprint density at radius 1 is 0.909 bits per heavy atom.